The molecule has 1 aromatic carbocycles. The minimum atomic E-state index is -0.444. The van der Waals surface area contributed by atoms with Crippen molar-refractivity contribution in [1.29, 1.82) is 0 Å². The molecule has 1 unspecified atom stereocenters. The van der Waals surface area contributed by atoms with E-state index in [4.69, 9.17) is 11.6 Å². The summed E-state index contributed by atoms with van der Waals surface area (Å²) in [5.74, 6) is -0.0479. The predicted molar refractivity (Wildman–Crippen MR) is 103 cm³/mol. The lowest BCUT2D eigenvalue weighted by Crippen LogP contribution is -2.57. The van der Waals surface area contributed by atoms with Crippen molar-refractivity contribution in [3.63, 3.8) is 0 Å². The number of amides is 3. The number of piperazine rings is 1. The molecule has 0 spiro atoms. The maximum absolute atomic E-state index is 13.0. The standard InChI is InChI=1S/C20H26ClN3O3/c1-14(25)22-18(15-5-2-3-6-15)20(27)24-11-9-23(10-12-24)19(26)16-7-4-8-17(21)13-16/h4,7-8,13,15,18H,2-3,5-6,9-12H2,1H3,(H,22,25). The van der Waals surface area contributed by atoms with Crippen LogP contribution in [0.4, 0.5) is 0 Å². The van der Waals surface area contributed by atoms with Crippen LogP contribution >= 0.6 is 11.6 Å². The first-order chi connectivity index (χ1) is 13.0. The largest absolute Gasteiger partial charge is 0.344 e. The van der Waals surface area contributed by atoms with Gasteiger partial charge in [-0.2, -0.15) is 0 Å². The lowest BCUT2D eigenvalue weighted by molar-refractivity contribution is -0.138. The van der Waals surface area contributed by atoms with Gasteiger partial charge in [-0.1, -0.05) is 30.5 Å². The van der Waals surface area contributed by atoms with Gasteiger partial charge in [-0.3, -0.25) is 14.4 Å². The zero-order chi connectivity index (χ0) is 19.4. The summed E-state index contributed by atoms with van der Waals surface area (Å²) in [5, 5.41) is 3.39. The van der Waals surface area contributed by atoms with Gasteiger partial charge in [-0.05, 0) is 37.0 Å². The Bertz CT molecular complexity index is 710. The van der Waals surface area contributed by atoms with Crippen molar-refractivity contribution in [1.82, 2.24) is 15.1 Å². The topological polar surface area (TPSA) is 69.7 Å². The molecule has 1 N–H and O–H groups in total. The second-order valence-corrected chi connectivity index (χ2v) is 7.79. The Hall–Kier alpha value is -2.08. The Morgan fingerprint density at radius 3 is 2.30 bits per heavy atom. The molecule has 0 aromatic heterocycles. The molecule has 0 bridgehead atoms. The van der Waals surface area contributed by atoms with E-state index in [0.717, 1.165) is 25.7 Å². The number of hydrogen-bond acceptors (Lipinski definition) is 3. The predicted octanol–water partition coefficient (Wildman–Crippen LogP) is 2.32. The van der Waals surface area contributed by atoms with Crippen molar-refractivity contribution in [3.8, 4) is 0 Å². The smallest absolute Gasteiger partial charge is 0.254 e. The van der Waals surface area contributed by atoms with Crippen LogP contribution in [0.25, 0.3) is 0 Å². The molecule has 27 heavy (non-hydrogen) atoms. The third-order valence-corrected chi connectivity index (χ3v) is 5.68. The van der Waals surface area contributed by atoms with Crippen LogP contribution in [0.1, 0.15) is 43.0 Å². The van der Waals surface area contributed by atoms with E-state index in [0.29, 0.717) is 36.8 Å². The molecule has 6 nitrogen and oxygen atoms in total. The summed E-state index contributed by atoms with van der Waals surface area (Å²) in [6, 6.07) is 6.46. The van der Waals surface area contributed by atoms with Gasteiger partial charge in [0.05, 0.1) is 0 Å². The van der Waals surface area contributed by atoms with E-state index in [9.17, 15) is 14.4 Å². The zero-order valence-corrected chi connectivity index (χ0v) is 16.4. The van der Waals surface area contributed by atoms with E-state index in [1.807, 2.05) is 0 Å². The van der Waals surface area contributed by atoms with Crippen molar-refractivity contribution in [2.24, 2.45) is 5.92 Å². The highest BCUT2D eigenvalue weighted by Gasteiger charge is 2.35. The number of rotatable bonds is 4. The Labute approximate surface area is 164 Å². The van der Waals surface area contributed by atoms with Crippen LogP contribution in [-0.2, 0) is 9.59 Å². The van der Waals surface area contributed by atoms with Crippen molar-refractivity contribution >= 4 is 29.3 Å². The van der Waals surface area contributed by atoms with E-state index in [1.165, 1.54) is 6.92 Å². The summed E-state index contributed by atoms with van der Waals surface area (Å²) < 4.78 is 0. The Kier molecular flexibility index (Phi) is 6.37. The molecule has 1 heterocycles. The molecule has 1 aliphatic carbocycles. The van der Waals surface area contributed by atoms with Crippen molar-refractivity contribution in [2.75, 3.05) is 26.2 Å². The fourth-order valence-electron chi connectivity index (χ4n) is 4.02. The summed E-state index contributed by atoms with van der Waals surface area (Å²) in [5.41, 5.74) is 0.560. The lowest BCUT2D eigenvalue weighted by Gasteiger charge is -2.37. The minimum absolute atomic E-state index is 0.0213. The Morgan fingerprint density at radius 1 is 1.07 bits per heavy atom. The summed E-state index contributed by atoms with van der Waals surface area (Å²) in [6.45, 7) is 3.38. The van der Waals surface area contributed by atoms with Gasteiger partial charge in [0.1, 0.15) is 6.04 Å². The van der Waals surface area contributed by atoms with Crippen LogP contribution in [0.15, 0.2) is 24.3 Å². The van der Waals surface area contributed by atoms with Crippen LogP contribution in [-0.4, -0.2) is 59.7 Å². The zero-order valence-electron chi connectivity index (χ0n) is 15.6. The maximum atomic E-state index is 13.0. The highest BCUT2D eigenvalue weighted by atomic mass is 35.5. The maximum Gasteiger partial charge on any atom is 0.254 e. The number of nitrogens with one attached hydrogen (secondary N) is 1. The molecule has 1 aliphatic heterocycles. The van der Waals surface area contributed by atoms with Crippen molar-refractivity contribution in [2.45, 2.75) is 38.6 Å². The van der Waals surface area contributed by atoms with Crippen molar-refractivity contribution in [3.05, 3.63) is 34.9 Å². The summed E-state index contributed by atoms with van der Waals surface area (Å²) in [7, 11) is 0. The lowest BCUT2D eigenvalue weighted by atomic mass is 9.96. The fourth-order valence-corrected chi connectivity index (χ4v) is 4.21. The molecule has 3 amide bonds. The fraction of sp³-hybridized carbons (Fsp3) is 0.550. The highest BCUT2D eigenvalue weighted by Crippen LogP contribution is 2.29. The molecular weight excluding hydrogens is 366 g/mol. The number of carbonyl (C=O) groups excluding carboxylic acids is 3. The second-order valence-electron chi connectivity index (χ2n) is 7.35. The Balaban J connectivity index is 1.60. The molecule has 1 saturated heterocycles. The molecule has 1 aromatic rings. The van der Waals surface area contributed by atoms with E-state index in [2.05, 4.69) is 5.32 Å². The van der Waals surface area contributed by atoms with Crippen LogP contribution in [0.3, 0.4) is 0 Å². The average molecular weight is 392 g/mol. The number of nitrogens with zero attached hydrogens (tertiary/aromatic N) is 2. The summed E-state index contributed by atoms with van der Waals surface area (Å²) >= 11 is 5.97. The molecular formula is C20H26ClN3O3. The van der Waals surface area contributed by atoms with Gasteiger partial charge in [-0.25, -0.2) is 0 Å². The van der Waals surface area contributed by atoms with Crippen LogP contribution in [0.5, 0.6) is 0 Å². The van der Waals surface area contributed by atoms with E-state index < -0.39 is 6.04 Å². The molecule has 2 aliphatic rings. The summed E-state index contributed by atoms with van der Waals surface area (Å²) in [4.78, 5) is 40.7. The van der Waals surface area contributed by atoms with Gasteiger partial charge in [0, 0.05) is 43.7 Å². The van der Waals surface area contributed by atoms with E-state index in [1.54, 1.807) is 34.1 Å². The molecule has 1 atom stereocenters. The monoisotopic (exact) mass is 391 g/mol. The molecule has 0 radical (unpaired) electrons. The first-order valence-electron chi connectivity index (χ1n) is 9.56. The highest BCUT2D eigenvalue weighted by molar-refractivity contribution is 6.30. The van der Waals surface area contributed by atoms with Gasteiger partial charge in [0.25, 0.3) is 5.91 Å². The first kappa shape index (κ1) is 19.7. The third kappa shape index (κ3) is 4.80. The average Bonchev–Trinajstić information content (AvgIpc) is 3.19. The molecule has 7 heteroatoms. The van der Waals surface area contributed by atoms with Gasteiger partial charge < -0.3 is 15.1 Å². The molecule has 3 rings (SSSR count). The van der Waals surface area contributed by atoms with Crippen LogP contribution in [0.2, 0.25) is 5.02 Å². The van der Waals surface area contributed by atoms with Gasteiger partial charge in [0.15, 0.2) is 0 Å². The first-order valence-corrected chi connectivity index (χ1v) is 9.94. The summed E-state index contributed by atoms with van der Waals surface area (Å²) in [6.07, 6.45) is 4.17. The van der Waals surface area contributed by atoms with Gasteiger partial charge in [0.2, 0.25) is 11.8 Å². The quantitative estimate of drug-likeness (QED) is 0.856. The number of hydrogen-bond donors (Lipinski definition) is 1. The van der Waals surface area contributed by atoms with Crippen LogP contribution < -0.4 is 5.32 Å². The van der Waals surface area contributed by atoms with Crippen molar-refractivity contribution < 1.29 is 14.4 Å². The van der Waals surface area contributed by atoms with Crippen LogP contribution in [0, 0.1) is 5.92 Å². The third-order valence-electron chi connectivity index (χ3n) is 5.45. The molecule has 2 fully saturated rings. The van der Waals surface area contributed by atoms with E-state index >= 15 is 0 Å². The normalized spacial score (nSPS) is 19.0. The number of halogens is 1. The SMILES string of the molecule is CC(=O)NC(C(=O)N1CCN(C(=O)c2cccc(Cl)c2)CC1)C1CCCC1. The molecule has 1 saturated carbocycles. The minimum Gasteiger partial charge on any atom is -0.344 e. The number of benzene rings is 1. The van der Waals surface area contributed by atoms with E-state index in [-0.39, 0.29) is 23.6 Å². The van der Waals surface area contributed by atoms with Gasteiger partial charge >= 0.3 is 0 Å². The number of carbonyl (C=O) groups is 3. The van der Waals surface area contributed by atoms with Gasteiger partial charge in [-0.15, -0.1) is 0 Å². The molecule has 146 valence electrons. The Morgan fingerprint density at radius 2 is 1.70 bits per heavy atom. The second kappa shape index (κ2) is 8.74.